The molecule has 0 spiro atoms. The van der Waals surface area contributed by atoms with Crippen molar-refractivity contribution in [2.24, 2.45) is 0 Å². The molecule has 0 nitrogen and oxygen atoms in total. The average molecular weight is 286 g/mol. The average Bonchev–Trinajstić information content (AvgIpc) is 2.87. The topological polar surface area (TPSA) is 0 Å². The molecule has 0 unspecified atom stereocenters. The predicted molar refractivity (Wildman–Crippen MR) is 91.7 cm³/mol. The van der Waals surface area contributed by atoms with Gasteiger partial charge in [-0.2, -0.15) is 0 Å². The first-order chi connectivity index (χ1) is 9.70. The maximum Gasteiger partial charge on any atom is 0.0345 e. The summed E-state index contributed by atoms with van der Waals surface area (Å²) in [6.45, 7) is 6.69. The molecule has 0 N–H and O–H groups in total. The van der Waals surface area contributed by atoms with Crippen molar-refractivity contribution in [2.75, 3.05) is 0 Å². The predicted octanol–water partition coefficient (Wildman–Crippen LogP) is 6.54. The van der Waals surface area contributed by atoms with Gasteiger partial charge >= 0.3 is 0 Å². The van der Waals surface area contributed by atoms with Crippen LogP contribution in [-0.4, -0.2) is 0 Å². The molecule has 1 heteroatoms. The standard InChI is InChI=1S/C19H26S/c1-4-5-6-7-8-9-17-10-11-18(13-16(17)3)19-12-15(2)14-20-19/h10-14H,4-9H2,1-3H3. The molecule has 0 bridgehead atoms. The van der Waals surface area contributed by atoms with Gasteiger partial charge in [0.1, 0.15) is 0 Å². The van der Waals surface area contributed by atoms with E-state index in [2.05, 4.69) is 50.4 Å². The third-order valence-electron chi connectivity index (χ3n) is 3.91. The van der Waals surface area contributed by atoms with Crippen molar-refractivity contribution >= 4 is 11.3 Å². The summed E-state index contributed by atoms with van der Waals surface area (Å²) >= 11 is 1.84. The Bertz CT molecular complexity index is 536. The van der Waals surface area contributed by atoms with Crippen molar-refractivity contribution in [3.63, 3.8) is 0 Å². The SMILES string of the molecule is CCCCCCCc1ccc(-c2cc(C)cs2)cc1C. The Morgan fingerprint density at radius 1 is 0.950 bits per heavy atom. The minimum atomic E-state index is 1.24. The molecular formula is C19H26S. The Labute approximate surface area is 127 Å². The lowest BCUT2D eigenvalue weighted by Gasteiger charge is -2.08. The molecule has 0 aliphatic carbocycles. The van der Waals surface area contributed by atoms with Crippen molar-refractivity contribution in [2.45, 2.75) is 59.3 Å². The van der Waals surface area contributed by atoms with E-state index in [-0.39, 0.29) is 0 Å². The number of aryl methyl sites for hydroxylation is 3. The first-order valence-electron chi connectivity index (χ1n) is 7.85. The third-order valence-corrected chi connectivity index (χ3v) is 5.00. The lowest BCUT2D eigenvalue weighted by Crippen LogP contribution is -1.91. The van der Waals surface area contributed by atoms with Crippen LogP contribution in [-0.2, 0) is 6.42 Å². The number of unbranched alkanes of at least 4 members (excludes halogenated alkanes) is 4. The van der Waals surface area contributed by atoms with Gasteiger partial charge in [0.2, 0.25) is 0 Å². The third kappa shape index (κ3) is 4.21. The van der Waals surface area contributed by atoms with E-state index in [1.165, 1.54) is 65.7 Å². The van der Waals surface area contributed by atoms with Gasteiger partial charge in [-0.15, -0.1) is 11.3 Å². The van der Waals surface area contributed by atoms with Crippen molar-refractivity contribution in [3.05, 3.63) is 46.3 Å². The molecule has 108 valence electrons. The van der Waals surface area contributed by atoms with Gasteiger partial charge in [-0.05, 0) is 60.4 Å². The Morgan fingerprint density at radius 2 is 1.75 bits per heavy atom. The largest absolute Gasteiger partial charge is 0.144 e. The second kappa shape index (κ2) is 7.64. The molecular weight excluding hydrogens is 260 g/mol. The van der Waals surface area contributed by atoms with Gasteiger partial charge in [-0.3, -0.25) is 0 Å². The van der Waals surface area contributed by atoms with Gasteiger partial charge in [-0.25, -0.2) is 0 Å². The maximum absolute atomic E-state index is 2.35. The molecule has 1 aromatic carbocycles. The summed E-state index contributed by atoms with van der Waals surface area (Å²) in [6, 6.07) is 9.26. The summed E-state index contributed by atoms with van der Waals surface area (Å²) in [4.78, 5) is 1.39. The van der Waals surface area contributed by atoms with Gasteiger partial charge in [0, 0.05) is 4.88 Å². The van der Waals surface area contributed by atoms with Crippen LogP contribution in [0.2, 0.25) is 0 Å². The molecule has 0 aliphatic rings. The summed E-state index contributed by atoms with van der Waals surface area (Å²) < 4.78 is 0. The Balaban J connectivity index is 1.96. The highest BCUT2D eigenvalue weighted by Gasteiger charge is 2.04. The smallest absolute Gasteiger partial charge is 0.0345 e. The molecule has 0 fully saturated rings. The van der Waals surface area contributed by atoms with Crippen LogP contribution in [0.25, 0.3) is 10.4 Å². The Kier molecular flexibility index (Phi) is 5.85. The van der Waals surface area contributed by atoms with Crippen LogP contribution in [0.1, 0.15) is 55.7 Å². The Hall–Kier alpha value is -1.08. The molecule has 1 heterocycles. The first kappa shape index (κ1) is 15.3. The van der Waals surface area contributed by atoms with Crippen LogP contribution < -0.4 is 0 Å². The molecule has 0 saturated carbocycles. The van der Waals surface area contributed by atoms with Crippen LogP contribution in [0.5, 0.6) is 0 Å². The highest BCUT2D eigenvalue weighted by atomic mass is 32.1. The molecule has 20 heavy (non-hydrogen) atoms. The van der Waals surface area contributed by atoms with E-state index in [4.69, 9.17) is 0 Å². The zero-order valence-electron chi connectivity index (χ0n) is 13.0. The molecule has 0 amide bonds. The number of rotatable bonds is 7. The lowest BCUT2D eigenvalue weighted by atomic mass is 9.99. The summed E-state index contributed by atoms with van der Waals surface area (Å²) in [5, 5.41) is 2.23. The summed E-state index contributed by atoms with van der Waals surface area (Å²) in [7, 11) is 0. The fourth-order valence-electron chi connectivity index (χ4n) is 2.63. The highest BCUT2D eigenvalue weighted by Crippen LogP contribution is 2.28. The number of hydrogen-bond acceptors (Lipinski definition) is 1. The number of hydrogen-bond donors (Lipinski definition) is 0. The van der Waals surface area contributed by atoms with Crippen LogP contribution >= 0.6 is 11.3 Å². The van der Waals surface area contributed by atoms with E-state index in [0.29, 0.717) is 0 Å². The fourth-order valence-corrected chi connectivity index (χ4v) is 3.53. The minimum absolute atomic E-state index is 1.24. The highest BCUT2D eigenvalue weighted by molar-refractivity contribution is 7.13. The van der Waals surface area contributed by atoms with Crippen LogP contribution in [0.3, 0.4) is 0 Å². The van der Waals surface area contributed by atoms with E-state index >= 15 is 0 Å². The van der Waals surface area contributed by atoms with Crippen molar-refractivity contribution < 1.29 is 0 Å². The van der Waals surface area contributed by atoms with Crippen LogP contribution in [0.15, 0.2) is 29.6 Å². The number of thiophene rings is 1. The zero-order valence-corrected chi connectivity index (χ0v) is 13.9. The molecule has 0 saturated heterocycles. The van der Waals surface area contributed by atoms with Crippen LogP contribution in [0.4, 0.5) is 0 Å². The summed E-state index contributed by atoms with van der Waals surface area (Å²) in [5.74, 6) is 0. The summed E-state index contributed by atoms with van der Waals surface area (Å²) in [5.41, 5.74) is 5.71. The second-order valence-electron chi connectivity index (χ2n) is 5.79. The van der Waals surface area contributed by atoms with E-state index < -0.39 is 0 Å². The normalized spacial score (nSPS) is 10.9. The van der Waals surface area contributed by atoms with Crippen LogP contribution in [0, 0.1) is 13.8 Å². The van der Waals surface area contributed by atoms with Crippen molar-refractivity contribution in [1.82, 2.24) is 0 Å². The van der Waals surface area contributed by atoms with E-state index in [9.17, 15) is 0 Å². The van der Waals surface area contributed by atoms with Gasteiger partial charge in [-0.1, -0.05) is 50.8 Å². The van der Waals surface area contributed by atoms with Gasteiger partial charge in [0.05, 0.1) is 0 Å². The first-order valence-corrected chi connectivity index (χ1v) is 8.73. The second-order valence-corrected chi connectivity index (χ2v) is 6.71. The zero-order chi connectivity index (χ0) is 14.4. The fraction of sp³-hybridized carbons (Fsp3) is 0.474. The lowest BCUT2D eigenvalue weighted by molar-refractivity contribution is 0.631. The minimum Gasteiger partial charge on any atom is -0.144 e. The molecule has 0 aliphatic heterocycles. The van der Waals surface area contributed by atoms with Gasteiger partial charge in [0.25, 0.3) is 0 Å². The molecule has 2 rings (SSSR count). The molecule has 2 aromatic rings. The number of benzene rings is 1. The monoisotopic (exact) mass is 286 g/mol. The molecule has 0 atom stereocenters. The van der Waals surface area contributed by atoms with Gasteiger partial charge < -0.3 is 0 Å². The van der Waals surface area contributed by atoms with E-state index in [1.807, 2.05) is 11.3 Å². The van der Waals surface area contributed by atoms with E-state index in [0.717, 1.165) is 0 Å². The van der Waals surface area contributed by atoms with Crippen molar-refractivity contribution in [1.29, 1.82) is 0 Å². The van der Waals surface area contributed by atoms with E-state index in [1.54, 1.807) is 0 Å². The van der Waals surface area contributed by atoms with Gasteiger partial charge in [0.15, 0.2) is 0 Å². The summed E-state index contributed by atoms with van der Waals surface area (Å²) in [6.07, 6.45) is 8.04. The maximum atomic E-state index is 2.35. The Morgan fingerprint density at radius 3 is 2.40 bits per heavy atom. The molecule has 1 aromatic heterocycles. The quantitative estimate of drug-likeness (QED) is 0.507. The van der Waals surface area contributed by atoms with Crippen molar-refractivity contribution in [3.8, 4) is 10.4 Å². The molecule has 0 radical (unpaired) electrons.